The van der Waals surface area contributed by atoms with Crippen LogP contribution in [0.5, 0.6) is 0 Å². The highest BCUT2D eigenvalue weighted by molar-refractivity contribution is 7.12. The van der Waals surface area contributed by atoms with E-state index in [-0.39, 0.29) is 4.88 Å². The molecule has 0 aliphatic carbocycles. The maximum atomic E-state index is 11.8. The molecule has 0 spiro atoms. The van der Waals surface area contributed by atoms with Crippen LogP contribution < -0.4 is 0 Å². The summed E-state index contributed by atoms with van der Waals surface area (Å²) in [6.07, 6.45) is -10.7. The lowest BCUT2D eigenvalue weighted by molar-refractivity contribution is -0.170. The van der Waals surface area contributed by atoms with E-state index >= 15 is 0 Å². The van der Waals surface area contributed by atoms with Crippen LogP contribution >= 0.6 is 11.3 Å². The van der Waals surface area contributed by atoms with E-state index in [1.165, 1.54) is 12.1 Å². The second kappa shape index (κ2) is 7.34. The van der Waals surface area contributed by atoms with Crippen LogP contribution in [-0.4, -0.2) is 29.7 Å². The average molecular weight is 334 g/mol. The van der Waals surface area contributed by atoms with Crippen LogP contribution in [0.1, 0.15) is 23.0 Å². The first kappa shape index (κ1) is 19.3. The molecule has 1 rings (SSSR count). The fourth-order valence-corrected chi connectivity index (χ4v) is 1.43. The quantitative estimate of drug-likeness (QED) is 0.482. The Bertz CT molecular complexity index is 501. The molecule has 1 heterocycles. The topological polar surface area (TPSA) is 51.2 Å². The maximum absolute atomic E-state index is 11.8. The largest absolute Gasteiger partial charge is 0.450 e. The van der Waals surface area contributed by atoms with Crippen molar-refractivity contribution in [1.29, 1.82) is 0 Å². The van der Waals surface area contributed by atoms with Crippen molar-refractivity contribution in [1.82, 2.24) is 0 Å². The van der Waals surface area contributed by atoms with E-state index in [0.29, 0.717) is 6.92 Å². The highest BCUT2D eigenvalue weighted by Gasteiger charge is 2.39. The van der Waals surface area contributed by atoms with Crippen molar-refractivity contribution in [2.75, 3.05) is 0 Å². The molecule has 0 aliphatic heterocycles. The number of hydrogen-bond acceptors (Lipinski definition) is 4. The second-order valence-corrected chi connectivity index (χ2v) is 4.50. The van der Waals surface area contributed by atoms with Crippen molar-refractivity contribution in [3.8, 4) is 0 Å². The van der Waals surface area contributed by atoms with Gasteiger partial charge in [-0.15, -0.1) is 11.3 Å². The zero-order valence-electron chi connectivity index (χ0n) is 10.3. The molecule has 0 N–H and O–H groups in total. The van der Waals surface area contributed by atoms with Crippen LogP contribution in [0, 0.1) is 0 Å². The summed E-state index contributed by atoms with van der Waals surface area (Å²) >= 11 is 1.01. The molecule has 118 valence electrons. The molecule has 0 saturated heterocycles. The van der Waals surface area contributed by atoms with E-state index < -0.39 is 36.1 Å². The number of hydrogen-bond donors (Lipinski definition) is 0. The lowest BCUT2D eigenvalue weighted by Gasteiger charge is -2.02. The van der Waals surface area contributed by atoms with Crippen LogP contribution in [0.15, 0.2) is 17.5 Å². The molecule has 1 aromatic heterocycles. The van der Waals surface area contributed by atoms with Crippen molar-refractivity contribution >= 4 is 28.7 Å². The summed E-state index contributed by atoms with van der Waals surface area (Å²) in [5, 5.41) is 1.56. The average Bonchev–Trinajstić information content (AvgIpc) is 2.80. The smallest absolute Gasteiger partial charge is 0.293 e. The van der Waals surface area contributed by atoms with Crippen LogP contribution in [0.4, 0.5) is 26.3 Å². The number of rotatable bonds is 3. The minimum Gasteiger partial charge on any atom is -0.293 e. The zero-order chi connectivity index (χ0) is 16.8. The molecule has 10 heteroatoms. The Kier molecular flexibility index (Phi) is 6.74. The Balaban J connectivity index is 0.000000486. The van der Waals surface area contributed by atoms with Gasteiger partial charge in [0.2, 0.25) is 11.6 Å². The van der Waals surface area contributed by atoms with Gasteiger partial charge in [-0.3, -0.25) is 14.4 Å². The van der Waals surface area contributed by atoms with Gasteiger partial charge in [0.05, 0.1) is 11.3 Å². The van der Waals surface area contributed by atoms with Gasteiger partial charge in [-0.1, -0.05) is 6.07 Å². The third-order valence-electron chi connectivity index (χ3n) is 1.83. The molecule has 0 amide bonds. The minimum absolute atomic E-state index is 0.169. The minimum atomic E-state index is -4.92. The van der Waals surface area contributed by atoms with Gasteiger partial charge in [0, 0.05) is 6.92 Å². The summed E-state index contributed by atoms with van der Waals surface area (Å²) in [6, 6.07) is 2.92. The summed E-state index contributed by atoms with van der Waals surface area (Å²) in [5.74, 6) is -4.55. The molecular formula is C11H8F6O3S. The van der Waals surface area contributed by atoms with Gasteiger partial charge in [-0.05, 0) is 11.4 Å². The van der Waals surface area contributed by atoms with Crippen molar-refractivity contribution in [2.45, 2.75) is 25.7 Å². The highest BCUT2D eigenvalue weighted by Crippen LogP contribution is 2.20. The predicted molar refractivity (Wildman–Crippen MR) is 61.1 cm³/mol. The fraction of sp³-hybridized carbons (Fsp3) is 0.364. The standard InChI is InChI=1S/C8H5F3O2S.C3H3F3O/c9-8(10,11)7(13)4-5(12)6-2-1-3-14-6;1-2(7)3(4,5)6/h1-3H,4H2;1H3. The number of ketones is 3. The van der Waals surface area contributed by atoms with Gasteiger partial charge >= 0.3 is 12.4 Å². The number of carbonyl (C=O) groups is 3. The highest BCUT2D eigenvalue weighted by atomic mass is 32.1. The van der Waals surface area contributed by atoms with Crippen LogP contribution in [0.2, 0.25) is 0 Å². The van der Waals surface area contributed by atoms with E-state index in [1.807, 2.05) is 0 Å². The Morgan fingerprint density at radius 2 is 1.52 bits per heavy atom. The second-order valence-electron chi connectivity index (χ2n) is 3.55. The monoisotopic (exact) mass is 334 g/mol. The van der Waals surface area contributed by atoms with E-state index in [1.54, 1.807) is 5.38 Å². The first-order valence-electron chi connectivity index (χ1n) is 5.10. The first-order valence-corrected chi connectivity index (χ1v) is 5.98. The molecule has 0 fully saturated rings. The Hall–Kier alpha value is -1.71. The summed E-state index contributed by atoms with van der Waals surface area (Å²) in [7, 11) is 0. The van der Waals surface area contributed by atoms with Gasteiger partial charge < -0.3 is 0 Å². The number of alkyl halides is 6. The molecule has 0 unspecified atom stereocenters. The number of halogens is 6. The summed E-state index contributed by atoms with van der Waals surface area (Å²) < 4.78 is 67.7. The SMILES string of the molecule is CC(=O)C(F)(F)F.O=C(CC(=O)C(F)(F)F)c1cccs1. The van der Waals surface area contributed by atoms with Gasteiger partial charge in [-0.2, -0.15) is 26.3 Å². The van der Waals surface area contributed by atoms with Crippen molar-refractivity contribution < 1.29 is 40.7 Å². The molecule has 0 saturated carbocycles. The normalized spacial score (nSPS) is 11.4. The van der Waals surface area contributed by atoms with Gasteiger partial charge in [0.1, 0.15) is 0 Å². The first-order chi connectivity index (χ1) is 9.35. The summed E-state index contributed by atoms with van der Waals surface area (Å²) in [6.45, 7) is 0.486. The Morgan fingerprint density at radius 3 is 1.81 bits per heavy atom. The molecule has 3 nitrogen and oxygen atoms in total. The van der Waals surface area contributed by atoms with Crippen molar-refractivity contribution in [2.24, 2.45) is 0 Å². The van der Waals surface area contributed by atoms with Crippen LogP contribution in [0.3, 0.4) is 0 Å². The molecule has 21 heavy (non-hydrogen) atoms. The molecule has 1 aromatic rings. The van der Waals surface area contributed by atoms with Crippen molar-refractivity contribution in [3.05, 3.63) is 22.4 Å². The van der Waals surface area contributed by atoms with E-state index in [0.717, 1.165) is 11.3 Å². The molecule has 0 aliphatic rings. The molecule has 0 atom stereocenters. The van der Waals surface area contributed by atoms with E-state index in [4.69, 9.17) is 0 Å². The third kappa shape index (κ3) is 7.59. The number of Topliss-reactive ketones (excluding diaryl/α,β-unsaturated/α-hetero) is 3. The molecular weight excluding hydrogens is 326 g/mol. The van der Waals surface area contributed by atoms with E-state index in [9.17, 15) is 40.7 Å². The molecule has 0 aromatic carbocycles. The Labute approximate surface area is 118 Å². The van der Waals surface area contributed by atoms with Crippen molar-refractivity contribution in [3.63, 3.8) is 0 Å². The maximum Gasteiger partial charge on any atom is 0.450 e. The fourth-order valence-electron chi connectivity index (χ4n) is 0.770. The van der Waals surface area contributed by atoms with Gasteiger partial charge in [-0.25, -0.2) is 0 Å². The molecule has 0 bridgehead atoms. The van der Waals surface area contributed by atoms with Crippen LogP contribution in [0.25, 0.3) is 0 Å². The predicted octanol–water partition coefficient (Wildman–Crippen LogP) is 3.59. The van der Waals surface area contributed by atoms with Gasteiger partial charge in [0.25, 0.3) is 0 Å². The molecule has 0 radical (unpaired) electrons. The Morgan fingerprint density at radius 1 is 1.05 bits per heavy atom. The van der Waals surface area contributed by atoms with E-state index in [2.05, 4.69) is 0 Å². The lowest BCUT2D eigenvalue weighted by Crippen LogP contribution is -2.25. The lowest BCUT2D eigenvalue weighted by atomic mass is 10.2. The number of thiophene rings is 1. The third-order valence-corrected chi connectivity index (χ3v) is 2.74. The summed E-state index contributed by atoms with van der Waals surface area (Å²) in [5.41, 5.74) is 0. The number of carbonyl (C=O) groups excluding carboxylic acids is 3. The zero-order valence-corrected chi connectivity index (χ0v) is 11.2. The summed E-state index contributed by atoms with van der Waals surface area (Å²) in [4.78, 5) is 31.0. The van der Waals surface area contributed by atoms with Crippen LogP contribution in [-0.2, 0) is 9.59 Å². The van der Waals surface area contributed by atoms with Gasteiger partial charge in [0.15, 0.2) is 5.78 Å².